The van der Waals surface area contributed by atoms with E-state index in [1.807, 2.05) is 26.0 Å². The van der Waals surface area contributed by atoms with Crippen LogP contribution >= 0.6 is 11.8 Å². The highest BCUT2D eigenvalue weighted by atomic mass is 32.2. The maximum atomic E-state index is 11.2. The molecule has 0 radical (unpaired) electrons. The number of carbonyl (C=O) groups excluding carboxylic acids is 1. The smallest absolute Gasteiger partial charge is 0.224 e. The topological polar surface area (TPSA) is 29.1 Å². The van der Waals surface area contributed by atoms with Gasteiger partial charge < -0.3 is 5.32 Å². The summed E-state index contributed by atoms with van der Waals surface area (Å²) >= 11 is 1.74. The Morgan fingerprint density at radius 2 is 1.69 bits per heavy atom. The lowest BCUT2D eigenvalue weighted by atomic mass is 10.1. The summed E-state index contributed by atoms with van der Waals surface area (Å²) in [6.07, 6.45) is 6.84. The molecule has 0 fully saturated rings. The Hall–Kier alpha value is -2.00. The van der Waals surface area contributed by atoms with Crippen molar-refractivity contribution in [3.63, 3.8) is 0 Å². The zero-order valence-electron chi connectivity index (χ0n) is 18.8. The monoisotopic (exact) mass is 411 g/mol. The number of benzene rings is 2. The second kappa shape index (κ2) is 14.1. The molecule has 1 amide bonds. The second-order valence-corrected chi connectivity index (χ2v) is 8.82. The number of rotatable bonds is 9. The largest absolute Gasteiger partial charge is 0.326 e. The summed E-state index contributed by atoms with van der Waals surface area (Å²) in [5, 5.41) is 2.86. The van der Waals surface area contributed by atoms with Crippen molar-refractivity contribution in [2.24, 2.45) is 0 Å². The molecule has 29 heavy (non-hydrogen) atoms. The molecule has 0 unspecified atom stereocenters. The summed E-state index contributed by atoms with van der Waals surface area (Å²) in [7, 11) is 0. The lowest BCUT2D eigenvalue weighted by Gasteiger charge is -2.05. The van der Waals surface area contributed by atoms with Crippen molar-refractivity contribution in [2.45, 2.75) is 78.0 Å². The van der Waals surface area contributed by atoms with Crippen LogP contribution in [0.2, 0.25) is 0 Å². The third-order valence-corrected chi connectivity index (χ3v) is 5.52. The summed E-state index contributed by atoms with van der Waals surface area (Å²) in [4.78, 5) is 13.7. The van der Waals surface area contributed by atoms with Crippen LogP contribution in [0.4, 0.5) is 5.69 Å². The molecule has 2 aromatic rings. The van der Waals surface area contributed by atoms with Gasteiger partial charge in [0.1, 0.15) is 0 Å². The molecule has 2 rings (SSSR count). The van der Waals surface area contributed by atoms with Crippen LogP contribution in [0.25, 0.3) is 0 Å². The number of anilines is 1. The van der Waals surface area contributed by atoms with E-state index in [-0.39, 0.29) is 5.91 Å². The van der Waals surface area contributed by atoms with Crippen LogP contribution in [0, 0.1) is 13.8 Å². The van der Waals surface area contributed by atoms with Crippen molar-refractivity contribution in [1.29, 1.82) is 0 Å². The minimum atomic E-state index is 0.0701. The molecular formula is C26H37NOS. The van der Waals surface area contributed by atoms with E-state index in [2.05, 4.69) is 63.0 Å². The quantitative estimate of drug-likeness (QED) is 0.334. The first-order valence-corrected chi connectivity index (χ1v) is 11.5. The number of hydrogen-bond donors (Lipinski definition) is 1. The van der Waals surface area contributed by atoms with Crippen LogP contribution < -0.4 is 5.32 Å². The maximum Gasteiger partial charge on any atom is 0.224 e. The van der Waals surface area contributed by atoms with E-state index in [4.69, 9.17) is 0 Å². The minimum absolute atomic E-state index is 0.0701. The second-order valence-electron chi connectivity index (χ2n) is 7.48. The molecule has 0 saturated heterocycles. The lowest BCUT2D eigenvalue weighted by molar-refractivity contribution is -0.115. The van der Waals surface area contributed by atoms with Gasteiger partial charge in [0.25, 0.3) is 0 Å². The number of amides is 1. The van der Waals surface area contributed by atoms with E-state index >= 15 is 0 Å². The van der Waals surface area contributed by atoms with E-state index in [1.54, 1.807) is 11.8 Å². The van der Waals surface area contributed by atoms with Crippen molar-refractivity contribution in [1.82, 2.24) is 0 Å². The summed E-state index contributed by atoms with van der Waals surface area (Å²) < 4.78 is 0. The number of nitrogens with one attached hydrogen (secondary N) is 1. The van der Waals surface area contributed by atoms with Crippen molar-refractivity contribution >= 4 is 23.4 Å². The summed E-state index contributed by atoms with van der Waals surface area (Å²) in [5.74, 6) is 0.0701. The van der Waals surface area contributed by atoms with Gasteiger partial charge in [-0.05, 0) is 67.8 Å². The van der Waals surface area contributed by atoms with Crippen molar-refractivity contribution < 1.29 is 4.79 Å². The normalized spacial score (nSPS) is 10.1. The van der Waals surface area contributed by atoms with Crippen molar-refractivity contribution in [3.8, 4) is 0 Å². The Kier molecular flexibility index (Phi) is 12.1. The van der Waals surface area contributed by atoms with Crippen LogP contribution in [-0.2, 0) is 11.2 Å². The molecule has 2 nitrogen and oxygen atoms in total. The van der Waals surface area contributed by atoms with Crippen LogP contribution in [0.3, 0.4) is 0 Å². The van der Waals surface area contributed by atoms with Gasteiger partial charge in [0.05, 0.1) is 0 Å². The molecule has 0 aliphatic carbocycles. The molecule has 0 aliphatic heterocycles. The fourth-order valence-corrected chi connectivity index (χ4v) is 3.59. The molecule has 0 aliphatic rings. The highest BCUT2D eigenvalue weighted by molar-refractivity contribution is 8.03. The average Bonchev–Trinajstić information content (AvgIpc) is 2.69. The zero-order chi connectivity index (χ0) is 21.6. The Labute approximate surface area is 182 Å². The fraction of sp³-hybridized carbons (Fsp3) is 0.423. The van der Waals surface area contributed by atoms with Gasteiger partial charge in [-0.1, -0.05) is 81.3 Å². The van der Waals surface area contributed by atoms with Gasteiger partial charge in [0, 0.05) is 17.0 Å². The van der Waals surface area contributed by atoms with Crippen LogP contribution in [0.5, 0.6) is 0 Å². The molecule has 0 bridgehead atoms. The standard InChI is InChI=1S/C15H23NO.C11H14S/c1-3-5-6-7-8-13-9-11-14(12-10-13)16-15(17)4-2;1-8(2)12-11-6-5-9(3)7-10(11)4/h9-12H,3-8H2,1-2H3,(H,16,17);5-7H,1H2,2-4H3. The molecule has 2 aromatic carbocycles. The van der Waals surface area contributed by atoms with Gasteiger partial charge in [-0.15, -0.1) is 0 Å². The number of thioether (sulfide) groups is 1. The van der Waals surface area contributed by atoms with E-state index in [9.17, 15) is 4.79 Å². The van der Waals surface area contributed by atoms with Crippen LogP contribution in [-0.4, -0.2) is 5.91 Å². The SMILES string of the molecule is C=C(C)Sc1ccc(C)cc1C.CCCCCCc1ccc(NC(=O)CC)cc1. The predicted octanol–water partition coefficient (Wildman–Crippen LogP) is 8.09. The highest BCUT2D eigenvalue weighted by Crippen LogP contribution is 2.28. The van der Waals surface area contributed by atoms with E-state index < -0.39 is 0 Å². The van der Waals surface area contributed by atoms with Crippen LogP contribution in [0.15, 0.2) is 58.8 Å². The molecule has 0 atom stereocenters. The summed E-state index contributed by atoms with van der Waals surface area (Å²) in [6.45, 7) is 14.2. The van der Waals surface area contributed by atoms with E-state index in [1.165, 1.54) is 47.3 Å². The molecule has 158 valence electrons. The number of carbonyl (C=O) groups is 1. The van der Waals surface area contributed by atoms with Gasteiger partial charge in [0.2, 0.25) is 5.91 Å². The molecule has 0 heterocycles. The van der Waals surface area contributed by atoms with Gasteiger partial charge in [-0.2, -0.15) is 0 Å². The Bertz CT molecular complexity index is 765. The molecule has 0 spiro atoms. The van der Waals surface area contributed by atoms with Gasteiger partial charge in [-0.3, -0.25) is 4.79 Å². The van der Waals surface area contributed by atoms with Crippen LogP contribution in [0.1, 0.15) is 69.6 Å². The van der Waals surface area contributed by atoms with Gasteiger partial charge in [0.15, 0.2) is 0 Å². The lowest BCUT2D eigenvalue weighted by Crippen LogP contribution is -2.09. The minimum Gasteiger partial charge on any atom is -0.326 e. The molecule has 3 heteroatoms. The first kappa shape index (κ1) is 25.0. The zero-order valence-corrected chi connectivity index (χ0v) is 19.6. The molecule has 0 saturated carbocycles. The Morgan fingerprint density at radius 3 is 2.24 bits per heavy atom. The maximum absolute atomic E-state index is 11.2. The first-order chi connectivity index (χ1) is 13.8. The third-order valence-electron chi connectivity index (χ3n) is 4.49. The van der Waals surface area contributed by atoms with Gasteiger partial charge >= 0.3 is 0 Å². The number of hydrogen-bond acceptors (Lipinski definition) is 2. The Balaban J connectivity index is 0.000000308. The third kappa shape index (κ3) is 10.9. The highest BCUT2D eigenvalue weighted by Gasteiger charge is 1.99. The van der Waals surface area contributed by atoms with E-state index in [0.717, 1.165) is 17.0 Å². The Morgan fingerprint density at radius 1 is 1.00 bits per heavy atom. The fourth-order valence-electron chi connectivity index (χ4n) is 2.86. The predicted molar refractivity (Wildman–Crippen MR) is 130 cm³/mol. The molecule has 1 N–H and O–H groups in total. The number of allylic oxidation sites excluding steroid dienone is 1. The van der Waals surface area contributed by atoms with Gasteiger partial charge in [-0.25, -0.2) is 0 Å². The number of aryl methyl sites for hydroxylation is 3. The van der Waals surface area contributed by atoms with Crippen molar-refractivity contribution in [3.05, 3.63) is 70.6 Å². The van der Waals surface area contributed by atoms with E-state index in [0.29, 0.717) is 6.42 Å². The van der Waals surface area contributed by atoms with Crippen molar-refractivity contribution in [2.75, 3.05) is 5.32 Å². The number of unbranched alkanes of at least 4 members (excludes halogenated alkanes) is 3. The molecule has 0 aromatic heterocycles. The summed E-state index contributed by atoms with van der Waals surface area (Å²) in [5.41, 5.74) is 4.91. The average molecular weight is 412 g/mol. The summed E-state index contributed by atoms with van der Waals surface area (Å²) in [6, 6.07) is 14.7. The first-order valence-electron chi connectivity index (χ1n) is 10.6. The molecular weight excluding hydrogens is 374 g/mol.